The summed E-state index contributed by atoms with van der Waals surface area (Å²) >= 11 is 0. The Morgan fingerprint density at radius 3 is 2.62 bits per heavy atom. The SMILES string of the molecule is CN(C)C1=NC(c2ccccc2)CC(=O)N1. The number of benzene rings is 1. The van der Waals surface area contributed by atoms with Gasteiger partial charge in [-0.25, -0.2) is 4.99 Å². The molecule has 1 heterocycles. The van der Waals surface area contributed by atoms with Crippen LogP contribution < -0.4 is 5.32 Å². The molecule has 0 saturated heterocycles. The third-order valence-corrected chi connectivity index (χ3v) is 2.52. The highest BCUT2D eigenvalue weighted by molar-refractivity contribution is 5.99. The van der Waals surface area contributed by atoms with E-state index in [2.05, 4.69) is 10.3 Å². The lowest BCUT2D eigenvalue weighted by molar-refractivity contribution is -0.120. The number of carbonyl (C=O) groups excluding carboxylic acids is 1. The summed E-state index contributed by atoms with van der Waals surface area (Å²) < 4.78 is 0. The summed E-state index contributed by atoms with van der Waals surface area (Å²) in [6, 6.07) is 9.83. The van der Waals surface area contributed by atoms with Gasteiger partial charge in [-0.05, 0) is 5.56 Å². The quantitative estimate of drug-likeness (QED) is 0.767. The Morgan fingerprint density at radius 1 is 1.31 bits per heavy atom. The van der Waals surface area contributed by atoms with Crippen LogP contribution in [0.3, 0.4) is 0 Å². The van der Waals surface area contributed by atoms with Crippen molar-refractivity contribution in [3.63, 3.8) is 0 Å². The number of carbonyl (C=O) groups is 1. The molecule has 1 aromatic rings. The fourth-order valence-corrected chi connectivity index (χ4v) is 1.67. The Bertz CT molecular complexity index is 412. The molecule has 4 heteroatoms. The number of nitrogens with one attached hydrogen (secondary N) is 1. The summed E-state index contributed by atoms with van der Waals surface area (Å²) in [5.41, 5.74) is 1.08. The van der Waals surface area contributed by atoms with Gasteiger partial charge in [0.2, 0.25) is 11.9 Å². The molecule has 0 saturated carbocycles. The molecule has 1 unspecified atom stereocenters. The zero-order valence-electron chi connectivity index (χ0n) is 9.47. The molecule has 0 fully saturated rings. The summed E-state index contributed by atoms with van der Waals surface area (Å²) in [5, 5.41) is 2.75. The molecule has 0 aliphatic carbocycles. The van der Waals surface area contributed by atoms with Crippen LogP contribution in [0.15, 0.2) is 35.3 Å². The number of guanidine groups is 1. The lowest BCUT2D eigenvalue weighted by atomic mass is 10.0. The van der Waals surface area contributed by atoms with Gasteiger partial charge in [0, 0.05) is 14.1 Å². The molecule has 1 aliphatic rings. The summed E-state index contributed by atoms with van der Waals surface area (Å²) in [7, 11) is 3.74. The van der Waals surface area contributed by atoms with Crippen LogP contribution in [0.1, 0.15) is 18.0 Å². The maximum Gasteiger partial charge on any atom is 0.229 e. The first-order valence-electron chi connectivity index (χ1n) is 5.27. The first-order chi connectivity index (χ1) is 7.66. The summed E-state index contributed by atoms with van der Waals surface area (Å²) in [6.45, 7) is 0. The van der Waals surface area contributed by atoms with E-state index in [4.69, 9.17) is 0 Å². The zero-order valence-corrected chi connectivity index (χ0v) is 9.47. The van der Waals surface area contributed by atoms with Gasteiger partial charge in [0.15, 0.2) is 0 Å². The van der Waals surface area contributed by atoms with E-state index in [9.17, 15) is 4.79 Å². The van der Waals surface area contributed by atoms with Gasteiger partial charge in [-0.3, -0.25) is 10.1 Å². The van der Waals surface area contributed by atoms with Gasteiger partial charge in [0.05, 0.1) is 12.5 Å². The van der Waals surface area contributed by atoms with Crippen LogP contribution >= 0.6 is 0 Å². The van der Waals surface area contributed by atoms with Crippen molar-refractivity contribution in [2.24, 2.45) is 4.99 Å². The molecule has 1 aliphatic heterocycles. The van der Waals surface area contributed by atoms with E-state index in [0.29, 0.717) is 12.4 Å². The Morgan fingerprint density at radius 2 is 2.00 bits per heavy atom. The highest BCUT2D eigenvalue weighted by atomic mass is 16.2. The van der Waals surface area contributed by atoms with E-state index in [1.807, 2.05) is 49.3 Å². The molecular weight excluding hydrogens is 202 g/mol. The number of amides is 1. The molecule has 1 atom stereocenters. The second kappa shape index (κ2) is 4.35. The van der Waals surface area contributed by atoms with E-state index in [1.54, 1.807) is 0 Å². The minimum Gasteiger partial charge on any atom is -0.349 e. The third kappa shape index (κ3) is 2.21. The molecule has 16 heavy (non-hydrogen) atoms. The van der Waals surface area contributed by atoms with Gasteiger partial charge in [0.1, 0.15) is 0 Å². The Hall–Kier alpha value is -1.84. The average Bonchev–Trinajstić information content (AvgIpc) is 2.29. The van der Waals surface area contributed by atoms with Gasteiger partial charge in [-0.1, -0.05) is 30.3 Å². The molecular formula is C12H15N3O. The molecule has 0 aromatic heterocycles. The molecule has 0 spiro atoms. The van der Waals surface area contributed by atoms with Crippen molar-refractivity contribution in [2.45, 2.75) is 12.5 Å². The standard InChI is InChI=1S/C12H15N3O/c1-15(2)12-13-10(8-11(16)14-12)9-6-4-3-5-7-9/h3-7,10H,8H2,1-2H3,(H,13,14,16). The second-order valence-corrected chi connectivity index (χ2v) is 4.03. The number of hydrogen-bond donors (Lipinski definition) is 1. The third-order valence-electron chi connectivity index (χ3n) is 2.52. The van der Waals surface area contributed by atoms with Crippen molar-refractivity contribution >= 4 is 11.9 Å². The van der Waals surface area contributed by atoms with Crippen LogP contribution in [-0.2, 0) is 4.79 Å². The maximum atomic E-state index is 11.5. The second-order valence-electron chi connectivity index (χ2n) is 4.03. The van der Waals surface area contributed by atoms with Gasteiger partial charge < -0.3 is 4.90 Å². The van der Waals surface area contributed by atoms with Crippen molar-refractivity contribution < 1.29 is 4.79 Å². The molecule has 1 amide bonds. The van der Waals surface area contributed by atoms with Gasteiger partial charge in [-0.15, -0.1) is 0 Å². The molecule has 4 nitrogen and oxygen atoms in total. The summed E-state index contributed by atoms with van der Waals surface area (Å²) in [4.78, 5) is 17.9. The van der Waals surface area contributed by atoms with Gasteiger partial charge in [0.25, 0.3) is 0 Å². The van der Waals surface area contributed by atoms with Crippen molar-refractivity contribution in [1.29, 1.82) is 0 Å². The van der Waals surface area contributed by atoms with Crippen LogP contribution in [0.5, 0.6) is 0 Å². The van der Waals surface area contributed by atoms with E-state index in [0.717, 1.165) is 5.56 Å². The van der Waals surface area contributed by atoms with E-state index in [-0.39, 0.29) is 11.9 Å². The van der Waals surface area contributed by atoms with E-state index in [1.165, 1.54) is 0 Å². The van der Waals surface area contributed by atoms with E-state index < -0.39 is 0 Å². The first kappa shape index (κ1) is 10.7. The lowest BCUT2D eigenvalue weighted by Gasteiger charge is -2.25. The average molecular weight is 217 g/mol. The van der Waals surface area contributed by atoms with Crippen molar-refractivity contribution in [3.8, 4) is 0 Å². The monoisotopic (exact) mass is 217 g/mol. The van der Waals surface area contributed by atoms with Gasteiger partial charge >= 0.3 is 0 Å². The lowest BCUT2D eigenvalue weighted by Crippen LogP contribution is -2.43. The van der Waals surface area contributed by atoms with E-state index >= 15 is 0 Å². The van der Waals surface area contributed by atoms with Crippen molar-refractivity contribution in [3.05, 3.63) is 35.9 Å². The highest BCUT2D eigenvalue weighted by Gasteiger charge is 2.22. The Labute approximate surface area is 95.0 Å². The number of aliphatic imine (C=N–C) groups is 1. The van der Waals surface area contributed by atoms with Crippen LogP contribution in [0.4, 0.5) is 0 Å². The number of rotatable bonds is 1. The molecule has 1 aromatic carbocycles. The zero-order chi connectivity index (χ0) is 11.5. The molecule has 0 bridgehead atoms. The highest BCUT2D eigenvalue weighted by Crippen LogP contribution is 2.23. The molecule has 0 radical (unpaired) electrons. The van der Waals surface area contributed by atoms with Gasteiger partial charge in [-0.2, -0.15) is 0 Å². The minimum atomic E-state index is -0.0626. The molecule has 84 valence electrons. The number of nitrogens with zero attached hydrogens (tertiary/aromatic N) is 2. The smallest absolute Gasteiger partial charge is 0.229 e. The topological polar surface area (TPSA) is 44.7 Å². The fraction of sp³-hybridized carbons (Fsp3) is 0.333. The Kier molecular flexibility index (Phi) is 2.90. The van der Waals surface area contributed by atoms with Crippen LogP contribution in [-0.4, -0.2) is 30.9 Å². The maximum absolute atomic E-state index is 11.5. The Balaban J connectivity index is 2.28. The predicted molar refractivity (Wildman–Crippen MR) is 63.1 cm³/mol. The normalized spacial score (nSPS) is 20.0. The first-order valence-corrected chi connectivity index (χ1v) is 5.27. The summed E-state index contributed by atoms with van der Waals surface area (Å²) in [6.07, 6.45) is 0.418. The van der Waals surface area contributed by atoms with Crippen molar-refractivity contribution in [1.82, 2.24) is 10.2 Å². The fourth-order valence-electron chi connectivity index (χ4n) is 1.67. The van der Waals surface area contributed by atoms with Crippen LogP contribution in [0, 0.1) is 0 Å². The largest absolute Gasteiger partial charge is 0.349 e. The summed E-state index contributed by atoms with van der Waals surface area (Å²) in [5.74, 6) is 0.651. The number of hydrogen-bond acceptors (Lipinski definition) is 3. The van der Waals surface area contributed by atoms with Crippen molar-refractivity contribution in [2.75, 3.05) is 14.1 Å². The van der Waals surface area contributed by atoms with Crippen LogP contribution in [0.2, 0.25) is 0 Å². The minimum absolute atomic E-state index is 0.0209. The molecule has 1 N–H and O–H groups in total. The van der Waals surface area contributed by atoms with Crippen LogP contribution in [0.25, 0.3) is 0 Å². The predicted octanol–water partition coefficient (Wildman–Crippen LogP) is 1.17. The molecule has 2 rings (SSSR count).